The summed E-state index contributed by atoms with van der Waals surface area (Å²) >= 11 is 0. The lowest BCUT2D eigenvalue weighted by Gasteiger charge is -2.34. The maximum Gasteiger partial charge on any atom is 0.0812 e. The third kappa shape index (κ3) is 2.72. The van der Waals surface area contributed by atoms with Crippen molar-refractivity contribution in [1.29, 1.82) is 0 Å². The maximum absolute atomic E-state index is 10.1. The van der Waals surface area contributed by atoms with E-state index in [1.165, 1.54) is 5.69 Å². The molecule has 17 heavy (non-hydrogen) atoms. The van der Waals surface area contributed by atoms with E-state index in [0.29, 0.717) is 0 Å². The van der Waals surface area contributed by atoms with Crippen molar-refractivity contribution in [3.63, 3.8) is 0 Å². The minimum atomic E-state index is -0.304. The molecule has 0 saturated heterocycles. The van der Waals surface area contributed by atoms with Crippen LogP contribution >= 0.6 is 0 Å². The molecule has 0 radical (unpaired) electrons. The summed E-state index contributed by atoms with van der Waals surface area (Å²) < 4.78 is 7.62. The van der Waals surface area contributed by atoms with Crippen LogP contribution in [0.4, 0.5) is 0 Å². The molecule has 0 amide bonds. The Balaban J connectivity index is 2.16. The average Bonchev–Trinajstić information content (AvgIpc) is 2.60. The fourth-order valence-corrected chi connectivity index (χ4v) is 2.70. The van der Waals surface area contributed by atoms with Crippen LogP contribution in [0, 0.1) is 5.41 Å². The van der Waals surface area contributed by atoms with Crippen LogP contribution in [0.5, 0.6) is 0 Å². The number of nitrogens with zero attached hydrogens (tertiary/aromatic N) is 1. The van der Waals surface area contributed by atoms with E-state index in [1.54, 1.807) is 0 Å². The predicted molar refractivity (Wildman–Crippen MR) is 68.0 cm³/mol. The van der Waals surface area contributed by atoms with E-state index in [0.717, 1.165) is 38.2 Å². The van der Waals surface area contributed by atoms with Crippen LogP contribution in [0.1, 0.15) is 44.6 Å². The van der Waals surface area contributed by atoms with Gasteiger partial charge in [-0.1, -0.05) is 13.8 Å². The van der Waals surface area contributed by atoms with Crippen molar-refractivity contribution in [2.45, 2.75) is 46.3 Å². The lowest BCUT2D eigenvalue weighted by molar-refractivity contribution is 0.0961. The molecule has 1 N–H and O–H groups in total. The van der Waals surface area contributed by atoms with Gasteiger partial charge in [0.15, 0.2) is 0 Å². The first-order valence-corrected chi connectivity index (χ1v) is 6.47. The van der Waals surface area contributed by atoms with Gasteiger partial charge in [0.2, 0.25) is 0 Å². The molecule has 1 aromatic rings. The second kappa shape index (κ2) is 4.83. The van der Waals surface area contributed by atoms with Gasteiger partial charge in [0.1, 0.15) is 0 Å². The Morgan fingerprint density at radius 3 is 3.00 bits per heavy atom. The summed E-state index contributed by atoms with van der Waals surface area (Å²) in [6.07, 6.45) is 3.67. The molecule has 0 aromatic carbocycles. The van der Waals surface area contributed by atoms with E-state index in [9.17, 15) is 5.11 Å². The number of rotatable bonds is 4. The summed E-state index contributed by atoms with van der Waals surface area (Å²) in [6, 6.07) is 2.06. The Labute approximate surface area is 103 Å². The number of hydrogen-bond donors (Lipinski definition) is 1. The standard InChI is InChI=1S/C14H23NO2/c1-4-17-8-7-15-6-5-11-12(15)9-14(2,3)10-13(11)16/h5-6,13,16H,4,7-10H2,1-3H3. The predicted octanol–water partition coefficient (Wildman–Crippen LogP) is 2.53. The van der Waals surface area contributed by atoms with Crippen molar-refractivity contribution in [3.05, 3.63) is 23.5 Å². The van der Waals surface area contributed by atoms with Crippen molar-refractivity contribution >= 4 is 0 Å². The van der Waals surface area contributed by atoms with Crippen LogP contribution in [0.3, 0.4) is 0 Å². The molecule has 0 aliphatic heterocycles. The quantitative estimate of drug-likeness (QED) is 0.817. The van der Waals surface area contributed by atoms with Crippen molar-refractivity contribution in [2.24, 2.45) is 5.41 Å². The Hall–Kier alpha value is -0.800. The Morgan fingerprint density at radius 2 is 2.29 bits per heavy atom. The molecule has 1 aliphatic carbocycles. The summed E-state index contributed by atoms with van der Waals surface area (Å²) in [7, 11) is 0. The van der Waals surface area contributed by atoms with Crippen LogP contribution in [0.2, 0.25) is 0 Å². The highest BCUT2D eigenvalue weighted by Gasteiger charge is 2.32. The summed E-state index contributed by atoms with van der Waals surface area (Å²) in [5, 5.41) is 10.1. The lowest BCUT2D eigenvalue weighted by atomic mass is 9.75. The third-order valence-electron chi connectivity index (χ3n) is 3.55. The molecular formula is C14H23NO2. The van der Waals surface area contributed by atoms with Crippen molar-refractivity contribution < 1.29 is 9.84 Å². The summed E-state index contributed by atoms with van der Waals surface area (Å²) in [5.41, 5.74) is 2.59. The Morgan fingerprint density at radius 1 is 1.53 bits per heavy atom. The summed E-state index contributed by atoms with van der Waals surface area (Å²) in [4.78, 5) is 0. The molecule has 96 valence electrons. The lowest BCUT2D eigenvalue weighted by Crippen LogP contribution is -2.27. The van der Waals surface area contributed by atoms with Crippen LogP contribution < -0.4 is 0 Å². The highest BCUT2D eigenvalue weighted by Crippen LogP contribution is 2.40. The van der Waals surface area contributed by atoms with Gasteiger partial charge in [0, 0.05) is 30.6 Å². The molecule has 2 rings (SSSR count). The SMILES string of the molecule is CCOCCn1ccc2c1CC(C)(C)CC2O. The van der Waals surface area contributed by atoms with E-state index < -0.39 is 0 Å². The molecule has 0 fully saturated rings. The smallest absolute Gasteiger partial charge is 0.0812 e. The van der Waals surface area contributed by atoms with Gasteiger partial charge in [0.05, 0.1) is 12.7 Å². The Kier molecular flexibility index (Phi) is 3.59. The van der Waals surface area contributed by atoms with Gasteiger partial charge in [0.25, 0.3) is 0 Å². The zero-order chi connectivity index (χ0) is 12.5. The van der Waals surface area contributed by atoms with Gasteiger partial charge in [-0.25, -0.2) is 0 Å². The van der Waals surface area contributed by atoms with Crippen molar-refractivity contribution in [3.8, 4) is 0 Å². The molecule has 0 spiro atoms. The molecule has 3 nitrogen and oxygen atoms in total. The molecule has 1 aromatic heterocycles. The molecule has 1 atom stereocenters. The third-order valence-corrected chi connectivity index (χ3v) is 3.55. The number of hydrogen-bond acceptors (Lipinski definition) is 2. The molecule has 1 heterocycles. The minimum Gasteiger partial charge on any atom is -0.388 e. The van der Waals surface area contributed by atoms with Gasteiger partial charge in [-0.2, -0.15) is 0 Å². The fourth-order valence-electron chi connectivity index (χ4n) is 2.70. The average molecular weight is 237 g/mol. The Bertz CT molecular complexity index is 382. The first-order chi connectivity index (χ1) is 8.03. The van der Waals surface area contributed by atoms with Gasteiger partial charge < -0.3 is 14.4 Å². The molecular weight excluding hydrogens is 214 g/mol. The van der Waals surface area contributed by atoms with E-state index in [2.05, 4.69) is 30.7 Å². The van der Waals surface area contributed by atoms with E-state index in [1.807, 2.05) is 6.92 Å². The molecule has 0 bridgehead atoms. The number of aliphatic hydroxyl groups excluding tert-OH is 1. The van der Waals surface area contributed by atoms with Gasteiger partial charge in [-0.05, 0) is 31.2 Å². The van der Waals surface area contributed by atoms with Gasteiger partial charge in [-0.3, -0.25) is 0 Å². The summed E-state index contributed by atoms with van der Waals surface area (Å²) in [6.45, 7) is 8.84. The van der Waals surface area contributed by atoms with Crippen LogP contribution in [-0.4, -0.2) is 22.9 Å². The minimum absolute atomic E-state index is 0.189. The highest BCUT2D eigenvalue weighted by atomic mass is 16.5. The topological polar surface area (TPSA) is 34.4 Å². The zero-order valence-electron chi connectivity index (χ0n) is 11.1. The zero-order valence-corrected chi connectivity index (χ0v) is 11.1. The van der Waals surface area contributed by atoms with Gasteiger partial charge in [-0.15, -0.1) is 0 Å². The van der Waals surface area contributed by atoms with Crippen LogP contribution in [0.25, 0.3) is 0 Å². The van der Waals surface area contributed by atoms with Crippen LogP contribution in [-0.2, 0) is 17.7 Å². The normalized spacial score (nSPS) is 22.5. The number of aliphatic hydroxyl groups is 1. The largest absolute Gasteiger partial charge is 0.388 e. The molecule has 1 unspecified atom stereocenters. The molecule has 1 aliphatic rings. The monoisotopic (exact) mass is 237 g/mol. The number of fused-ring (bicyclic) bond motifs is 1. The number of aromatic nitrogens is 1. The van der Waals surface area contributed by atoms with E-state index in [4.69, 9.17) is 4.74 Å². The van der Waals surface area contributed by atoms with Crippen LogP contribution in [0.15, 0.2) is 12.3 Å². The van der Waals surface area contributed by atoms with Crippen molar-refractivity contribution in [2.75, 3.05) is 13.2 Å². The number of ether oxygens (including phenoxy) is 1. The second-order valence-electron chi connectivity index (χ2n) is 5.67. The van der Waals surface area contributed by atoms with Gasteiger partial charge >= 0.3 is 0 Å². The molecule has 3 heteroatoms. The summed E-state index contributed by atoms with van der Waals surface area (Å²) in [5.74, 6) is 0. The second-order valence-corrected chi connectivity index (χ2v) is 5.67. The molecule has 0 saturated carbocycles. The first-order valence-electron chi connectivity index (χ1n) is 6.47. The highest BCUT2D eigenvalue weighted by molar-refractivity contribution is 5.29. The maximum atomic E-state index is 10.1. The first kappa shape index (κ1) is 12.7. The van der Waals surface area contributed by atoms with Crippen molar-refractivity contribution in [1.82, 2.24) is 4.57 Å². The van der Waals surface area contributed by atoms with E-state index in [-0.39, 0.29) is 11.5 Å². The van der Waals surface area contributed by atoms with E-state index >= 15 is 0 Å². The fraction of sp³-hybridized carbons (Fsp3) is 0.714.